The van der Waals surface area contributed by atoms with Gasteiger partial charge in [0.1, 0.15) is 0 Å². The van der Waals surface area contributed by atoms with Crippen molar-refractivity contribution in [2.45, 2.75) is 142 Å². The maximum atomic E-state index is 2.42. The first kappa shape index (κ1) is 25.5. The first-order chi connectivity index (χ1) is 12.9. The van der Waals surface area contributed by atoms with Gasteiger partial charge in [0.2, 0.25) is 0 Å². The molecule has 154 valence electrons. The normalized spacial score (nSPS) is 11.9. The molecule has 0 heteroatoms. The zero-order valence-electron chi connectivity index (χ0n) is 18.5. The standard InChI is InChI=1S/C26H50/c1-3-5-7-9-11-13-15-17-19-21-23-25-26-24-22-20-18-16-14-12-10-8-6-4-2/h13-16H,3-12,17-26H2,1-2H3/b15-13-,16-14-. The molecule has 0 heterocycles. The SMILES string of the molecule is CCCCCC/C=C\CCCCCCCCCC/C=C\CCCCCC. The minimum absolute atomic E-state index is 1.30. The molecule has 0 aliphatic heterocycles. The van der Waals surface area contributed by atoms with Crippen LogP contribution in [0.4, 0.5) is 0 Å². The summed E-state index contributed by atoms with van der Waals surface area (Å²) in [4.78, 5) is 0. The van der Waals surface area contributed by atoms with Crippen LogP contribution < -0.4 is 0 Å². The predicted octanol–water partition coefficient (Wildman–Crippen LogP) is 9.94. The van der Waals surface area contributed by atoms with Gasteiger partial charge in [0.15, 0.2) is 0 Å². The van der Waals surface area contributed by atoms with E-state index >= 15 is 0 Å². The van der Waals surface area contributed by atoms with Gasteiger partial charge in [-0.05, 0) is 51.4 Å². The van der Waals surface area contributed by atoms with Crippen LogP contribution in [-0.2, 0) is 0 Å². The number of hydrogen-bond donors (Lipinski definition) is 0. The molecule has 0 aromatic heterocycles. The molecule has 0 radical (unpaired) electrons. The van der Waals surface area contributed by atoms with E-state index in [9.17, 15) is 0 Å². The first-order valence-electron chi connectivity index (χ1n) is 12.2. The molecule has 0 aromatic rings. The summed E-state index contributed by atoms with van der Waals surface area (Å²) in [5.74, 6) is 0. The molecule has 0 fully saturated rings. The fraction of sp³-hybridized carbons (Fsp3) is 0.846. The molecule has 0 amide bonds. The number of unbranched alkanes of at least 4 members (excludes halogenated alkanes) is 17. The molecule has 26 heavy (non-hydrogen) atoms. The highest BCUT2D eigenvalue weighted by Crippen LogP contribution is 2.12. The quantitative estimate of drug-likeness (QED) is 0.141. The van der Waals surface area contributed by atoms with Crippen LogP contribution in [0.1, 0.15) is 142 Å². The average molecular weight is 363 g/mol. The number of hydrogen-bond acceptors (Lipinski definition) is 0. The zero-order chi connectivity index (χ0) is 19.0. The topological polar surface area (TPSA) is 0 Å². The Morgan fingerprint density at radius 1 is 0.308 bits per heavy atom. The van der Waals surface area contributed by atoms with E-state index in [1.54, 1.807) is 0 Å². The fourth-order valence-corrected chi connectivity index (χ4v) is 3.43. The Kier molecular flexibility index (Phi) is 24.0. The van der Waals surface area contributed by atoms with Crippen molar-refractivity contribution in [1.29, 1.82) is 0 Å². The highest BCUT2D eigenvalue weighted by molar-refractivity contribution is 4.82. The van der Waals surface area contributed by atoms with Gasteiger partial charge in [0, 0.05) is 0 Å². The summed E-state index contributed by atoms with van der Waals surface area (Å²) < 4.78 is 0. The molecule has 0 saturated heterocycles. The minimum Gasteiger partial charge on any atom is -0.0885 e. The van der Waals surface area contributed by atoms with Crippen molar-refractivity contribution in [2.75, 3.05) is 0 Å². The summed E-state index contributed by atoms with van der Waals surface area (Å²) >= 11 is 0. The Morgan fingerprint density at radius 2 is 0.538 bits per heavy atom. The molecular weight excluding hydrogens is 312 g/mol. The minimum atomic E-state index is 1.30. The van der Waals surface area contributed by atoms with E-state index in [1.165, 1.54) is 128 Å². The van der Waals surface area contributed by atoms with E-state index in [-0.39, 0.29) is 0 Å². The lowest BCUT2D eigenvalue weighted by atomic mass is 10.1. The molecule has 0 spiro atoms. The van der Waals surface area contributed by atoms with Gasteiger partial charge in [-0.15, -0.1) is 0 Å². The van der Waals surface area contributed by atoms with Crippen LogP contribution in [0.25, 0.3) is 0 Å². The van der Waals surface area contributed by atoms with Crippen molar-refractivity contribution in [2.24, 2.45) is 0 Å². The monoisotopic (exact) mass is 362 g/mol. The van der Waals surface area contributed by atoms with E-state index in [0.717, 1.165) is 0 Å². The van der Waals surface area contributed by atoms with Crippen LogP contribution >= 0.6 is 0 Å². The summed E-state index contributed by atoms with van der Waals surface area (Å²) in [6, 6.07) is 0. The molecule has 0 atom stereocenters. The zero-order valence-corrected chi connectivity index (χ0v) is 18.5. The Morgan fingerprint density at radius 3 is 0.808 bits per heavy atom. The van der Waals surface area contributed by atoms with Crippen LogP contribution in [-0.4, -0.2) is 0 Å². The van der Waals surface area contributed by atoms with Crippen molar-refractivity contribution >= 4 is 0 Å². The largest absolute Gasteiger partial charge is 0.0885 e. The molecule has 0 aromatic carbocycles. The lowest BCUT2D eigenvalue weighted by Gasteiger charge is -2.01. The van der Waals surface area contributed by atoms with Crippen molar-refractivity contribution in [1.82, 2.24) is 0 Å². The van der Waals surface area contributed by atoms with Gasteiger partial charge in [0.05, 0.1) is 0 Å². The van der Waals surface area contributed by atoms with Gasteiger partial charge in [-0.2, -0.15) is 0 Å². The van der Waals surface area contributed by atoms with Crippen molar-refractivity contribution in [3.8, 4) is 0 Å². The van der Waals surface area contributed by atoms with Gasteiger partial charge in [-0.25, -0.2) is 0 Å². The fourth-order valence-electron chi connectivity index (χ4n) is 3.43. The number of rotatable bonds is 21. The summed E-state index contributed by atoms with van der Waals surface area (Å²) in [6.45, 7) is 4.56. The molecule has 0 saturated carbocycles. The molecule has 0 rings (SSSR count). The van der Waals surface area contributed by atoms with Crippen LogP contribution in [0, 0.1) is 0 Å². The summed E-state index contributed by atoms with van der Waals surface area (Å²) in [5.41, 5.74) is 0. The third-order valence-electron chi connectivity index (χ3n) is 5.27. The van der Waals surface area contributed by atoms with Crippen molar-refractivity contribution in [3.63, 3.8) is 0 Å². The van der Waals surface area contributed by atoms with Gasteiger partial charge in [-0.1, -0.05) is 115 Å². The van der Waals surface area contributed by atoms with Crippen LogP contribution in [0.2, 0.25) is 0 Å². The molecular formula is C26H50. The van der Waals surface area contributed by atoms with E-state index < -0.39 is 0 Å². The van der Waals surface area contributed by atoms with Gasteiger partial charge in [-0.3, -0.25) is 0 Å². The van der Waals surface area contributed by atoms with Crippen LogP contribution in [0.5, 0.6) is 0 Å². The first-order valence-corrected chi connectivity index (χ1v) is 12.2. The summed E-state index contributed by atoms with van der Waals surface area (Å²) in [7, 11) is 0. The maximum absolute atomic E-state index is 2.42. The van der Waals surface area contributed by atoms with E-state index in [0.29, 0.717) is 0 Å². The Hall–Kier alpha value is -0.520. The molecule has 0 unspecified atom stereocenters. The number of allylic oxidation sites excluding steroid dienone is 4. The van der Waals surface area contributed by atoms with Gasteiger partial charge >= 0.3 is 0 Å². The second-order valence-corrected chi connectivity index (χ2v) is 8.05. The van der Waals surface area contributed by atoms with Crippen molar-refractivity contribution in [3.05, 3.63) is 24.3 Å². The highest BCUT2D eigenvalue weighted by Gasteiger charge is 1.92. The molecule has 0 aliphatic rings. The Bertz CT molecular complexity index is 256. The lowest BCUT2D eigenvalue weighted by molar-refractivity contribution is 0.570. The lowest BCUT2D eigenvalue weighted by Crippen LogP contribution is -1.81. The maximum Gasteiger partial charge on any atom is -0.0351 e. The Labute approximate surface area is 166 Å². The van der Waals surface area contributed by atoms with E-state index in [4.69, 9.17) is 0 Å². The highest BCUT2D eigenvalue weighted by atomic mass is 14.0. The Balaban J connectivity index is 3.09. The second-order valence-electron chi connectivity index (χ2n) is 8.05. The molecule has 0 bridgehead atoms. The molecule has 0 nitrogen and oxygen atoms in total. The predicted molar refractivity (Wildman–Crippen MR) is 122 cm³/mol. The third-order valence-corrected chi connectivity index (χ3v) is 5.27. The van der Waals surface area contributed by atoms with E-state index in [2.05, 4.69) is 38.2 Å². The van der Waals surface area contributed by atoms with Gasteiger partial charge in [0.25, 0.3) is 0 Å². The molecule has 0 aliphatic carbocycles. The smallest absolute Gasteiger partial charge is 0.0351 e. The van der Waals surface area contributed by atoms with Crippen molar-refractivity contribution < 1.29 is 0 Å². The average Bonchev–Trinajstić information content (AvgIpc) is 2.66. The summed E-state index contributed by atoms with van der Waals surface area (Å²) in [5, 5.41) is 0. The van der Waals surface area contributed by atoms with Crippen LogP contribution in [0.15, 0.2) is 24.3 Å². The molecule has 0 N–H and O–H groups in total. The van der Waals surface area contributed by atoms with Gasteiger partial charge < -0.3 is 0 Å². The summed E-state index contributed by atoms with van der Waals surface area (Å²) in [6.07, 6.45) is 37.4. The third kappa shape index (κ3) is 23.5. The van der Waals surface area contributed by atoms with E-state index in [1.807, 2.05) is 0 Å². The van der Waals surface area contributed by atoms with Crippen LogP contribution in [0.3, 0.4) is 0 Å². The second kappa shape index (κ2) is 24.5.